The van der Waals surface area contributed by atoms with E-state index in [4.69, 9.17) is 12.2 Å². The lowest BCUT2D eigenvalue weighted by molar-refractivity contribution is 0.609. The first kappa shape index (κ1) is 13.3. The number of aromatic nitrogens is 2. The molecule has 0 amide bonds. The van der Waals surface area contributed by atoms with Gasteiger partial charge in [-0.2, -0.15) is 0 Å². The predicted molar refractivity (Wildman–Crippen MR) is 86.3 cm³/mol. The van der Waals surface area contributed by atoms with Crippen LogP contribution in [0.3, 0.4) is 0 Å². The van der Waals surface area contributed by atoms with Crippen LogP contribution in [0.25, 0.3) is 10.9 Å². The number of thiophene rings is 1. The van der Waals surface area contributed by atoms with Crippen molar-refractivity contribution in [2.24, 2.45) is 0 Å². The van der Waals surface area contributed by atoms with Gasteiger partial charge in [0.05, 0.1) is 16.9 Å². The molecule has 2 heterocycles. The van der Waals surface area contributed by atoms with Gasteiger partial charge in [-0.1, -0.05) is 12.1 Å². The molecular weight excluding hydrogens is 288 g/mol. The second-order valence-corrected chi connectivity index (χ2v) is 6.48. The molecule has 0 spiro atoms. The third kappa shape index (κ3) is 2.13. The van der Waals surface area contributed by atoms with Gasteiger partial charge in [-0.3, -0.25) is 9.36 Å². The van der Waals surface area contributed by atoms with Crippen molar-refractivity contribution < 1.29 is 0 Å². The molecule has 0 saturated carbocycles. The van der Waals surface area contributed by atoms with Crippen LogP contribution in [-0.4, -0.2) is 9.55 Å². The van der Waals surface area contributed by atoms with E-state index in [-0.39, 0.29) is 11.6 Å². The Morgan fingerprint density at radius 1 is 1.25 bits per heavy atom. The van der Waals surface area contributed by atoms with E-state index in [0.29, 0.717) is 10.2 Å². The van der Waals surface area contributed by atoms with E-state index in [0.717, 1.165) is 10.4 Å². The molecule has 1 atom stereocenters. The molecule has 0 fully saturated rings. The highest BCUT2D eigenvalue weighted by molar-refractivity contribution is 7.71. The summed E-state index contributed by atoms with van der Waals surface area (Å²) in [5.74, 6) is 0. The number of aryl methyl sites for hydroxylation is 1. The maximum atomic E-state index is 12.7. The van der Waals surface area contributed by atoms with Gasteiger partial charge in [0.1, 0.15) is 0 Å². The Hall–Kier alpha value is -1.72. The molecule has 1 unspecified atom stereocenters. The van der Waals surface area contributed by atoms with E-state index >= 15 is 0 Å². The molecule has 0 radical (unpaired) electrons. The van der Waals surface area contributed by atoms with Gasteiger partial charge >= 0.3 is 0 Å². The molecule has 20 heavy (non-hydrogen) atoms. The summed E-state index contributed by atoms with van der Waals surface area (Å²) in [6, 6.07) is 11.5. The molecule has 0 aliphatic carbocycles. The van der Waals surface area contributed by atoms with Gasteiger partial charge in [-0.15, -0.1) is 11.3 Å². The minimum Gasteiger partial charge on any atom is -0.332 e. The molecule has 3 aromatic rings. The lowest BCUT2D eigenvalue weighted by Gasteiger charge is -2.14. The third-order valence-corrected chi connectivity index (χ3v) is 4.87. The van der Waals surface area contributed by atoms with Crippen molar-refractivity contribution in [1.29, 1.82) is 0 Å². The summed E-state index contributed by atoms with van der Waals surface area (Å²) < 4.78 is 2.12. The van der Waals surface area contributed by atoms with Crippen LogP contribution in [-0.2, 0) is 0 Å². The van der Waals surface area contributed by atoms with Gasteiger partial charge < -0.3 is 4.98 Å². The minimum atomic E-state index is -0.0606. The summed E-state index contributed by atoms with van der Waals surface area (Å²) in [5, 5.41) is 0.668. The fourth-order valence-electron chi connectivity index (χ4n) is 2.33. The highest BCUT2D eigenvalue weighted by Gasteiger charge is 2.14. The van der Waals surface area contributed by atoms with E-state index in [1.165, 1.54) is 4.88 Å². The molecule has 3 rings (SSSR count). The van der Waals surface area contributed by atoms with Crippen molar-refractivity contribution >= 4 is 34.5 Å². The number of rotatable bonds is 2. The molecule has 0 aliphatic heterocycles. The molecule has 0 saturated heterocycles. The SMILES string of the molecule is Cc1ccc(C(C)n2c(=S)[nH]c3ccccc3c2=O)s1. The van der Waals surface area contributed by atoms with E-state index in [9.17, 15) is 4.79 Å². The molecule has 2 aromatic heterocycles. The maximum Gasteiger partial charge on any atom is 0.262 e. The van der Waals surface area contributed by atoms with Crippen molar-refractivity contribution in [2.75, 3.05) is 0 Å². The van der Waals surface area contributed by atoms with Crippen LogP contribution in [0.5, 0.6) is 0 Å². The number of benzene rings is 1. The van der Waals surface area contributed by atoms with Gasteiger partial charge in [0.2, 0.25) is 0 Å². The van der Waals surface area contributed by atoms with E-state index < -0.39 is 0 Å². The Balaban J connectivity index is 2.26. The van der Waals surface area contributed by atoms with E-state index in [1.807, 2.05) is 31.2 Å². The van der Waals surface area contributed by atoms with Crippen LogP contribution in [0, 0.1) is 11.7 Å². The average Bonchev–Trinajstić information content (AvgIpc) is 2.85. The number of para-hydroxylation sites is 1. The van der Waals surface area contributed by atoms with Gasteiger partial charge in [0, 0.05) is 9.75 Å². The summed E-state index contributed by atoms with van der Waals surface area (Å²) in [6.45, 7) is 4.07. The highest BCUT2D eigenvalue weighted by Crippen LogP contribution is 2.25. The van der Waals surface area contributed by atoms with Crippen molar-refractivity contribution in [3.8, 4) is 0 Å². The largest absolute Gasteiger partial charge is 0.332 e. The fraction of sp³-hybridized carbons (Fsp3) is 0.200. The van der Waals surface area contributed by atoms with Gasteiger partial charge in [-0.05, 0) is 50.3 Å². The van der Waals surface area contributed by atoms with Crippen LogP contribution < -0.4 is 5.56 Å². The van der Waals surface area contributed by atoms with Crippen molar-refractivity contribution in [1.82, 2.24) is 9.55 Å². The molecule has 0 aliphatic rings. The fourth-order valence-corrected chi connectivity index (χ4v) is 3.60. The second kappa shape index (κ2) is 5.00. The third-order valence-electron chi connectivity index (χ3n) is 3.40. The number of nitrogens with zero attached hydrogens (tertiary/aromatic N) is 1. The average molecular weight is 302 g/mol. The molecule has 102 valence electrons. The molecule has 1 N–H and O–H groups in total. The number of fused-ring (bicyclic) bond motifs is 1. The normalized spacial score (nSPS) is 12.7. The maximum absolute atomic E-state index is 12.7. The monoisotopic (exact) mass is 302 g/mol. The summed E-state index contributed by atoms with van der Waals surface area (Å²) in [5.41, 5.74) is 0.746. The van der Waals surface area contributed by atoms with Crippen molar-refractivity contribution in [2.45, 2.75) is 19.9 Å². The Morgan fingerprint density at radius 3 is 2.70 bits per heavy atom. The molecule has 5 heteroatoms. The predicted octanol–water partition coefficient (Wildman–Crippen LogP) is 4.04. The van der Waals surface area contributed by atoms with Crippen LogP contribution in [0.15, 0.2) is 41.2 Å². The van der Waals surface area contributed by atoms with Crippen molar-refractivity contribution in [3.63, 3.8) is 0 Å². The second-order valence-electron chi connectivity index (χ2n) is 4.78. The zero-order chi connectivity index (χ0) is 14.3. The summed E-state index contributed by atoms with van der Waals surface area (Å²) in [7, 11) is 0. The smallest absolute Gasteiger partial charge is 0.262 e. The number of hydrogen-bond acceptors (Lipinski definition) is 3. The molecular formula is C15H14N2OS2. The zero-order valence-corrected chi connectivity index (χ0v) is 12.8. The summed E-state index contributed by atoms with van der Waals surface area (Å²) in [6.07, 6.45) is 0. The molecule has 1 aromatic carbocycles. The first-order chi connectivity index (χ1) is 9.58. The van der Waals surface area contributed by atoms with E-state index in [2.05, 4.69) is 24.0 Å². The Labute approximate surface area is 125 Å². The zero-order valence-electron chi connectivity index (χ0n) is 11.2. The number of H-pyrrole nitrogens is 1. The Bertz CT molecular complexity index is 889. The number of nitrogens with one attached hydrogen (secondary N) is 1. The first-order valence-corrected chi connectivity index (χ1v) is 7.60. The van der Waals surface area contributed by atoms with Gasteiger partial charge in [0.15, 0.2) is 4.77 Å². The van der Waals surface area contributed by atoms with Crippen LogP contribution >= 0.6 is 23.6 Å². The lowest BCUT2D eigenvalue weighted by Crippen LogP contribution is -2.25. The van der Waals surface area contributed by atoms with E-state index in [1.54, 1.807) is 15.9 Å². The quantitative estimate of drug-likeness (QED) is 0.726. The minimum absolute atomic E-state index is 0.0390. The van der Waals surface area contributed by atoms with Crippen molar-refractivity contribution in [3.05, 3.63) is 61.3 Å². The Morgan fingerprint density at radius 2 is 2.00 bits per heavy atom. The number of hydrogen-bond donors (Lipinski definition) is 1. The number of aromatic amines is 1. The summed E-state index contributed by atoms with van der Waals surface area (Å²) >= 11 is 7.06. The topological polar surface area (TPSA) is 37.8 Å². The first-order valence-electron chi connectivity index (χ1n) is 6.38. The Kier molecular flexibility index (Phi) is 3.31. The molecule has 0 bridgehead atoms. The van der Waals surface area contributed by atoms with Crippen LogP contribution in [0.1, 0.15) is 22.7 Å². The highest BCUT2D eigenvalue weighted by atomic mass is 32.1. The van der Waals surface area contributed by atoms with Gasteiger partial charge in [0.25, 0.3) is 5.56 Å². The standard InChI is InChI=1S/C15H14N2OS2/c1-9-7-8-13(20-9)10(2)17-14(18)11-5-3-4-6-12(11)16-15(17)19/h3-8,10H,1-2H3,(H,16,19). The molecule has 3 nitrogen and oxygen atoms in total. The van der Waals surface area contributed by atoms with Crippen LogP contribution in [0.4, 0.5) is 0 Å². The lowest BCUT2D eigenvalue weighted by atomic mass is 10.2. The van der Waals surface area contributed by atoms with Gasteiger partial charge in [-0.25, -0.2) is 0 Å². The summed E-state index contributed by atoms with van der Waals surface area (Å²) in [4.78, 5) is 18.2. The van der Waals surface area contributed by atoms with Crippen LogP contribution in [0.2, 0.25) is 0 Å².